The van der Waals surface area contributed by atoms with Gasteiger partial charge in [0, 0.05) is 5.56 Å². The second kappa shape index (κ2) is 5.86. The van der Waals surface area contributed by atoms with E-state index in [1.807, 2.05) is 37.3 Å². The van der Waals surface area contributed by atoms with Crippen molar-refractivity contribution in [3.05, 3.63) is 47.7 Å². The average Bonchev–Trinajstić information content (AvgIpc) is 2.85. The first-order valence-electron chi connectivity index (χ1n) is 5.79. The zero-order chi connectivity index (χ0) is 12.8. The van der Waals surface area contributed by atoms with Gasteiger partial charge in [-0.05, 0) is 12.0 Å². The van der Waals surface area contributed by atoms with Crippen LogP contribution in [0.5, 0.6) is 0 Å². The molecule has 0 aliphatic carbocycles. The number of aryl methyl sites for hydroxylation is 1. The third-order valence-electron chi connectivity index (χ3n) is 2.54. The number of nitrogens with zero attached hydrogens (tertiary/aromatic N) is 1. The molecule has 1 aromatic carbocycles. The van der Waals surface area contributed by atoms with Gasteiger partial charge in [0.15, 0.2) is 0 Å². The Morgan fingerprint density at radius 1 is 1.39 bits per heavy atom. The Morgan fingerprint density at radius 3 is 2.89 bits per heavy atom. The van der Waals surface area contributed by atoms with Gasteiger partial charge in [-0.3, -0.25) is 10.4 Å². The van der Waals surface area contributed by atoms with Crippen LogP contribution in [0.3, 0.4) is 0 Å². The van der Waals surface area contributed by atoms with Crippen LogP contribution in [0, 0.1) is 0 Å². The Bertz CT molecular complexity index is 508. The molecule has 0 bridgehead atoms. The molecule has 5 heteroatoms. The Morgan fingerprint density at radius 2 is 2.17 bits per heavy atom. The summed E-state index contributed by atoms with van der Waals surface area (Å²) in [7, 11) is 0. The lowest BCUT2D eigenvalue weighted by molar-refractivity contribution is 0.155. The lowest BCUT2D eigenvalue weighted by Gasteiger charge is -2.06. The highest BCUT2D eigenvalue weighted by atomic mass is 16.5. The lowest BCUT2D eigenvalue weighted by atomic mass is 10.2. The molecule has 0 unspecified atom stereocenters. The summed E-state index contributed by atoms with van der Waals surface area (Å²) in [4.78, 5) is 11.6. The number of aromatic nitrogens is 2. The van der Waals surface area contributed by atoms with Crippen LogP contribution in [0.2, 0.25) is 0 Å². The Labute approximate surface area is 105 Å². The van der Waals surface area contributed by atoms with E-state index in [0.29, 0.717) is 5.82 Å². The quantitative estimate of drug-likeness (QED) is 0.870. The number of H-pyrrole nitrogens is 1. The summed E-state index contributed by atoms with van der Waals surface area (Å²) in [5.74, 6) is 0.593. The maximum atomic E-state index is 11.6. The van der Waals surface area contributed by atoms with Crippen LogP contribution in [0.4, 0.5) is 10.6 Å². The molecule has 5 nitrogen and oxygen atoms in total. The fourth-order valence-corrected chi connectivity index (χ4v) is 1.55. The maximum absolute atomic E-state index is 11.6. The van der Waals surface area contributed by atoms with E-state index in [2.05, 4.69) is 15.5 Å². The van der Waals surface area contributed by atoms with Gasteiger partial charge in [0.1, 0.15) is 12.4 Å². The summed E-state index contributed by atoms with van der Waals surface area (Å²) in [6, 6.07) is 9.53. The first kappa shape index (κ1) is 12.2. The maximum Gasteiger partial charge on any atom is 0.413 e. The van der Waals surface area contributed by atoms with Crippen LogP contribution in [-0.4, -0.2) is 16.3 Å². The fraction of sp³-hybridized carbons (Fsp3) is 0.231. The van der Waals surface area contributed by atoms with E-state index in [4.69, 9.17) is 4.74 Å². The number of amides is 1. The molecule has 1 heterocycles. The van der Waals surface area contributed by atoms with Crippen molar-refractivity contribution in [1.82, 2.24) is 10.2 Å². The van der Waals surface area contributed by atoms with Crippen molar-refractivity contribution >= 4 is 11.9 Å². The highest BCUT2D eigenvalue weighted by Crippen LogP contribution is 2.11. The molecule has 0 aliphatic heterocycles. The summed E-state index contributed by atoms with van der Waals surface area (Å²) in [5, 5.41) is 9.23. The molecule has 2 aromatic rings. The van der Waals surface area contributed by atoms with Gasteiger partial charge in [0.2, 0.25) is 0 Å². The van der Waals surface area contributed by atoms with Crippen molar-refractivity contribution in [1.29, 1.82) is 0 Å². The molecule has 0 saturated heterocycles. The lowest BCUT2D eigenvalue weighted by Crippen LogP contribution is -2.14. The smallest absolute Gasteiger partial charge is 0.413 e. The topological polar surface area (TPSA) is 67.0 Å². The SMILES string of the molecule is CCc1cn[nH]c1NC(=O)OCc1ccccc1. The van der Waals surface area contributed by atoms with Gasteiger partial charge in [-0.15, -0.1) is 0 Å². The van der Waals surface area contributed by atoms with Crippen LogP contribution in [0.15, 0.2) is 36.5 Å². The largest absolute Gasteiger partial charge is 0.444 e. The Hall–Kier alpha value is -2.30. The van der Waals surface area contributed by atoms with Gasteiger partial charge in [-0.2, -0.15) is 5.10 Å². The van der Waals surface area contributed by atoms with Crippen molar-refractivity contribution < 1.29 is 9.53 Å². The molecule has 0 spiro atoms. The second-order valence-corrected chi connectivity index (χ2v) is 3.81. The zero-order valence-electron chi connectivity index (χ0n) is 10.1. The molecular weight excluding hydrogens is 230 g/mol. The molecular formula is C13H15N3O2. The highest BCUT2D eigenvalue weighted by Gasteiger charge is 2.08. The van der Waals surface area contributed by atoms with Gasteiger partial charge in [0.25, 0.3) is 0 Å². The first-order valence-corrected chi connectivity index (χ1v) is 5.79. The Kier molecular flexibility index (Phi) is 3.96. The number of nitrogens with one attached hydrogen (secondary N) is 2. The molecule has 1 aromatic heterocycles. The first-order chi connectivity index (χ1) is 8.79. The van der Waals surface area contributed by atoms with Gasteiger partial charge in [-0.1, -0.05) is 37.3 Å². The predicted molar refractivity (Wildman–Crippen MR) is 68.2 cm³/mol. The van der Waals surface area contributed by atoms with Gasteiger partial charge in [-0.25, -0.2) is 4.79 Å². The van der Waals surface area contributed by atoms with Crippen molar-refractivity contribution in [3.8, 4) is 0 Å². The van der Waals surface area contributed by atoms with Crippen molar-refractivity contribution in [2.75, 3.05) is 5.32 Å². The molecule has 94 valence electrons. The number of anilines is 1. The second-order valence-electron chi connectivity index (χ2n) is 3.81. The third kappa shape index (κ3) is 3.10. The number of ether oxygens (including phenoxy) is 1. The van der Waals surface area contributed by atoms with Gasteiger partial charge in [0.05, 0.1) is 6.20 Å². The van der Waals surface area contributed by atoms with Crippen molar-refractivity contribution in [2.24, 2.45) is 0 Å². The summed E-state index contributed by atoms with van der Waals surface area (Å²) in [6.07, 6.45) is 2.00. The molecule has 1 amide bonds. The Balaban J connectivity index is 1.86. The molecule has 0 atom stereocenters. The average molecular weight is 245 g/mol. The highest BCUT2D eigenvalue weighted by molar-refractivity contribution is 5.84. The van der Waals surface area contributed by atoms with E-state index in [1.54, 1.807) is 6.20 Å². The molecule has 0 saturated carbocycles. The normalized spacial score (nSPS) is 10.1. The van der Waals surface area contributed by atoms with E-state index in [1.165, 1.54) is 0 Å². The number of aromatic amines is 1. The summed E-state index contributed by atoms with van der Waals surface area (Å²) in [6.45, 7) is 2.24. The molecule has 0 aliphatic rings. The molecule has 0 radical (unpaired) electrons. The minimum absolute atomic E-state index is 0.252. The summed E-state index contributed by atoms with van der Waals surface area (Å²) in [5.41, 5.74) is 1.90. The van der Waals surface area contributed by atoms with Crippen LogP contribution in [0.1, 0.15) is 18.1 Å². The minimum Gasteiger partial charge on any atom is -0.444 e. The summed E-state index contributed by atoms with van der Waals surface area (Å²) >= 11 is 0. The standard InChI is InChI=1S/C13H15N3O2/c1-2-11-8-14-16-12(11)15-13(17)18-9-10-6-4-3-5-7-10/h3-8H,2,9H2,1H3,(H2,14,15,16,17). The molecule has 2 rings (SSSR count). The number of benzene rings is 1. The van der Waals surface area contributed by atoms with E-state index in [-0.39, 0.29) is 6.61 Å². The number of rotatable bonds is 4. The van der Waals surface area contributed by atoms with Crippen LogP contribution < -0.4 is 5.32 Å². The zero-order valence-corrected chi connectivity index (χ0v) is 10.1. The monoisotopic (exact) mass is 245 g/mol. The fourth-order valence-electron chi connectivity index (χ4n) is 1.55. The number of hydrogen-bond acceptors (Lipinski definition) is 3. The number of carbonyl (C=O) groups is 1. The molecule has 2 N–H and O–H groups in total. The predicted octanol–water partition coefficient (Wildman–Crippen LogP) is 2.72. The summed E-state index contributed by atoms with van der Waals surface area (Å²) < 4.78 is 5.10. The van der Waals surface area contributed by atoms with Crippen LogP contribution >= 0.6 is 0 Å². The van der Waals surface area contributed by atoms with E-state index >= 15 is 0 Å². The van der Waals surface area contributed by atoms with E-state index in [9.17, 15) is 4.79 Å². The number of hydrogen-bond donors (Lipinski definition) is 2. The number of carbonyl (C=O) groups excluding carboxylic acids is 1. The third-order valence-corrected chi connectivity index (χ3v) is 2.54. The van der Waals surface area contributed by atoms with E-state index < -0.39 is 6.09 Å². The van der Waals surface area contributed by atoms with Crippen LogP contribution in [-0.2, 0) is 17.8 Å². The molecule has 18 heavy (non-hydrogen) atoms. The van der Waals surface area contributed by atoms with E-state index in [0.717, 1.165) is 17.5 Å². The molecule has 0 fully saturated rings. The van der Waals surface area contributed by atoms with Crippen molar-refractivity contribution in [2.45, 2.75) is 20.0 Å². The van der Waals surface area contributed by atoms with Crippen LogP contribution in [0.25, 0.3) is 0 Å². The van der Waals surface area contributed by atoms with Crippen molar-refractivity contribution in [3.63, 3.8) is 0 Å². The van der Waals surface area contributed by atoms with Gasteiger partial charge < -0.3 is 4.74 Å². The van der Waals surface area contributed by atoms with Gasteiger partial charge >= 0.3 is 6.09 Å². The minimum atomic E-state index is -0.488.